The molecular weight excluding hydrogens is 242 g/mol. The Morgan fingerprint density at radius 3 is 2.21 bits per heavy atom. The summed E-state index contributed by atoms with van der Waals surface area (Å²) in [5.41, 5.74) is -1.33. The van der Waals surface area contributed by atoms with Crippen molar-refractivity contribution in [2.75, 3.05) is 0 Å². The van der Waals surface area contributed by atoms with Crippen LogP contribution < -0.4 is 0 Å². The first kappa shape index (κ1) is 15.9. The Hall–Kier alpha value is -1.19. The van der Waals surface area contributed by atoms with Gasteiger partial charge in [-0.05, 0) is 46.5 Å². The van der Waals surface area contributed by atoms with Crippen molar-refractivity contribution in [1.29, 1.82) is 0 Å². The molecule has 1 fully saturated rings. The summed E-state index contributed by atoms with van der Waals surface area (Å²) in [6, 6.07) is 0. The Balaban J connectivity index is 2.68. The molecule has 0 aromatic heterocycles. The molecule has 0 heterocycles. The van der Waals surface area contributed by atoms with Crippen LogP contribution in [0.4, 0.5) is 0 Å². The second kappa shape index (κ2) is 6.31. The lowest BCUT2D eigenvalue weighted by molar-refractivity contribution is -0.145. The minimum absolute atomic E-state index is 0.234. The number of esters is 1. The molecule has 1 aliphatic rings. The van der Waals surface area contributed by atoms with Crippen LogP contribution in [0.1, 0.15) is 59.8 Å². The number of ether oxygens (including phenoxy) is 1. The third kappa shape index (κ3) is 5.13. The van der Waals surface area contributed by atoms with E-state index in [0.29, 0.717) is 0 Å². The van der Waals surface area contributed by atoms with E-state index in [9.17, 15) is 9.59 Å². The lowest BCUT2D eigenvalue weighted by Crippen LogP contribution is -2.36. The number of carbonyl (C=O) groups excluding carboxylic acids is 2. The highest BCUT2D eigenvalue weighted by Crippen LogP contribution is 2.33. The van der Waals surface area contributed by atoms with Crippen molar-refractivity contribution < 1.29 is 14.3 Å². The molecule has 0 spiro atoms. The topological polar surface area (TPSA) is 55.7 Å². The predicted molar refractivity (Wildman–Crippen MR) is 75.4 cm³/mol. The highest BCUT2D eigenvalue weighted by Gasteiger charge is 2.34. The van der Waals surface area contributed by atoms with E-state index < -0.39 is 17.1 Å². The number of rotatable bonds is 4. The van der Waals surface area contributed by atoms with Gasteiger partial charge >= 0.3 is 5.97 Å². The van der Waals surface area contributed by atoms with Crippen molar-refractivity contribution in [3.63, 3.8) is 0 Å². The minimum atomic E-state index is -0.794. The molecule has 0 amide bonds. The van der Waals surface area contributed by atoms with Gasteiger partial charge in [0, 0.05) is 0 Å². The zero-order valence-corrected chi connectivity index (χ0v) is 12.4. The Labute approximate surface area is 115 Å². The molecule has 1 aliphatic carbocycles. The second-order valence-electron chi connectivity index (χ2n) is 6.47. The fraction of sp³-hybridized carbons (Fsp3) is 0.800. The molecule has 0 unspecified atom stereocenters. The fourth-order valence-corrected chi connectivity index (χ4v) is 2.44. The van der Waals surface area contributed by atoms with Crippen LogP contribution in [0.3, 0.4) is 0 Å². The van der Waals surface area contributed by atoms with Crippen molar-refractivity contribution >= 4 is 18.5 Å². The van der Waals surface area contributed by atoms with E-state index in [2.05, 4.69) is 4.99 Å². The second-order valence-corrected chi connectivity index (χ2v) is 6.47. The molecular formula is C15H25NO3. The van der Waals surface area contributed by atoms with Crippen LogP contribution in [0.25, 0.3) is 0 Å². The Morgan fingerprint density at radius 2 is 1.74 bits per heavy atom. The lowest BCUT2D eigenvalue weighted by atomic mass is 9.77. The van der Waals surface area contributed by atoms with E-state index >= 15 is 0 Å². The van der Waals surface area contributed by atoms with E-state index in [1.807, 2.05) is 0 Å². The fourth-order valence-electron chi connectivity index (χ4n) is 2.44. The molecule has 0 radical (unpaired) electrons. The molecule has 19 heavy (non-hydrogen) atoms. The van der Waals surface area contributed by atoms with Gasteiger partial charge in [0.1, 0.15) is 23.6 Å². The predicted octanol–water partition coefficient (Wildman–Crippen LogP) is 2.94. The average molecular weight is 267 g/mol. The first-order valence-electron chi connectivity index (χ1n) is 7.01. The maximum atomic E-state index is 11.6. The van der Waals surface area contributed by atoms with E-state index in [1.165, 1.54) is 6.42 Å². The summed E-state index contributed by atoms with van der Waals surface area (Å²) in [4.78, 5) is 27.2. The van der Waals surface area contributed by atoms with Gasteiger partial charge in [-0.3, -0.25) is 4.99 Å². The van der Waals surface area contributed by atoms with Gasteiger partial charge in [0.05, 0.1) is 0 Å². The number of aldehydes is 1. The van der Waals surface area contributed by atoms with Crippen molar-refractivity contribution in [2.24, 2.45) is 10.9 Å². The molecule has 108 valence electrons. The largest absolute Gasteiger partial charge is 0.456 e. The summed E-state index contributed by atoms with van der Waals surface area (Å²) in [7, 11) is 0. The van der Waals surface area contributed by atoms with Gasteiger partial charge in [-0.25, -0.2) is 4.79 Å². The van der Waals surface area contributed by atoms with Crippen molar-refractivity contribution in [1.82, 2.24) is 0 Å². The SMILES string of the molecule is CC(C)(C)OC(=O)C=N[C@@](C)(C=O)C1CCCCC1. The molecule has 0 aromatic rings. The van der Waals surface area contributed by atoms with Gasteiger partial charge in [-0.1, -0.05) is 19.3 Å². The molecule has 1 saturated carbocycles. The van der Waals surface area contributed by atoms with Crippen LogP contribution in [-0.2, 0) is 14.3 Å². The minimum Gasteiger partial charge on any atom is -0.456 e. The van der Waals surface area contributed by atoms with Gasteiger partial charge in [-0.15, -0.1) is 0 Å². The van der Waals surface area contributed by atoms with Crippen molar-refractivity contribution in [3.8, 4) is 0 Å². The molecule has 0 N–H and O–H groups in total. The number of carbonyl (C=O) groups is 2. The van der Waals surface area contributed by atoms with E-state index in [0.717, 1.165) is 38.2 Å². The van der Waals surface area contributed by atoms with E-state index in [4.69, 9.17) is 4.74 Å². The summed E-state index contributed by atoms with van der Waals surface area (Å²) < 4.78 is 5.16. The Kier molecular flexibility index (Phi) is 5.27. The zero-order valence-electron chi connectivity index (χ0n) is 12.4. The zero-order chi connectivity index (χ0) is 14.5. The number of nitrogens with zero attached hydrogens (tertiary/aromatic N) is 1. The van der Waals surface area contributed by atoms with Gasteiger partial charge in [0.25, 0.3) is 0 Å². The van der Waals surface area contributed by atoms with Crippen molar-refractivity contribution in [2.45, 2.75) is 70.9 Å². The summed E-state index contributed by atoms with van der Waals surface area (Å²) in [5, 5.41) is 0. The Morgan fingerprint density at radius 1 is 1.16 bits per heavy atom. The van der Waals surface area contributed by atoms with Crippen LogP contribution in [0.2, 0.25) is 0 Å². The smallest absolute Gasteiger partial charge is 0.349 e. The average Bonchev–Trinajstić information content (AvgIpc) is 2.35. The number of hydrogen-bond donors (Lipinski definition) is 0. The van der Waals surface area contributed by atoms with Crippen LogP contribution in [0.5, 0.6) is 0 Å². The van der Waals surface area contributed by atoms with Crippen molar-refractivity contribution in [3.05, 3.63) is 0 Å². The van der Waals surface area contributed by atoms with Crippen LogP contribution in [0, 0.1) is 5.92 Å². The summed E-state index contributed by atoms with van der Waals surface area (Å²) >= 11 is 0. The maximum Gasteiger partial charge on any atom is 0.349 e. The van der Waals surface area contributed by atoms with E-state index in [1.54, 1.807) is 27.7 Å². The van der Waals surface area contributed by atoms with Gasteiger partial charge < -0.3 is 9.53 Å². The molecule has 0 aromatic carbocycles. The quantitative estimate of drug-likeness (QED) is 0.447. The third-order valence-electron chi connectivity index (χ3n) is 3.53. The number of aliphatic imine (C=N–C) groups is 1. The first-order valence-corrected chi connectivity index (χ1v) is 7.01. The van der Waals surface area contributed by atoms with E-state index in [-0.39, 0.29) is 5.92 Å². The number of hydrogen-bond acceptors (Lipinski definition) is 4. The standard InChI is InChI=1S/C15H25NO3/c1-14(2,3)19-13(18)10-16-15(4,11-17)12-8-6-5-7-9-12/h10-12H,5-9H2,1-4H3/t15-/m0/s1. The van der Waals surface area contributed by atoms with Crippen LogP contribution in [-0.4, -0.2) is 29.6 Å². The molecule has 1 atom stereocenters. The van der Waals surface area contributed by atoms with Crippen LogP contribution in [0.15, 0.2) is 4.99 Å². The highest BCUT2D eigenvalue weighted by atomic mass is 16.6. The monoisotopic (exact) mass is 267 g/mol. The van der Waals surface area contributed by atoms with Crippen LogP contribution >= 0.6 is 0 Å². The first-order chi connectivity index (χ1) is 8.77. The maximum absolute atomic E-state index is 11.6. The van der Waals surface area contributed by atoms with Gasteiger partial charge in [0.2, 0.25) is 0 Å². The molecule has 0 aliphatic heterocycles. The summed E-state index contributed by atoms with van der Waals surface area (Å²) in [6.07, 6.45) is 7.52. The molecule has 4 heteroatoms. The molecule has 1 rings (SSSR count). The third-order valence-corrected chi connectivity index (χ3v) is 3.53. The van der Waals surface area contributed by atoms with Gasteiger partial charge in [0.15, 0.2) is 0 Å². The summed E-state index contributed by atoms with van der Waals surface area (Å²) in [6.45, 7) is 7.22. The Bertz CT molecular complexity index is 351. The molecule has 0 bridgehead atoms. The normalized spacial score (nSPS) is 21.1. The lowest BCUT2D eigenvalue weighted by Gasteiger charge is -2.32. The molecule has 0 saturated heterocycles. The summed E-state index contributed by atoms with van der Waals surface area (Å²) in [5.74, 6) is -0.256. The molecule has 4 nitrogen and oxygen atoms in total. The highest BCUT2D eigenvalue weighted by molar-refractivity contribution is 6.23. The van der Waals surface area contributed by atoms with Gasteiger partial charge in [-0.2, -0.15) is 0 Å².